The molecule has 1 aromatic carbocycles. The Balaban J connectivity index is 1.47. The molecule has 3 aromatic rings. The molecule has 1 aliphatic heterocycles. The number of aromatic nitrogens is 4. The molecule has 4 rings (SSSR count). The molecule has 208 valence electrons. The lowest BCUT2D eigenvalue weighted by Gasteiger charge is -2.30. The number of hydrogen-bond donors (Lipinski definition) is 2. The van der Waals surface area contributed by atoms with Crippen LogP contribution in [0.4, 0.5) is 22.2 Å². The number of carbonyl (C=O) groups is 1. The van der Waals surface area contributed by atoms with E-state index in [1.54, 1.807) is 4.90 Å². The molecule has 0 spiro atoms. The molecule has 2 aromatic heterocycles. The number of halogens is 1. The second kappa shape index (κ2) is 11.3. The SMILES string of the molecule is CC1Cc2ccc(Nc3ncc(Cl)c(NCc4nccnc4S(C)(=O)=O)n3)cc2CCN1C(=O)OC(C)(C)C. The number of ether oxygens (including phenoxy) is 1. The van der Waals surface area contributed by atoms with Gasteiger partial charge in [0.2, 0.25) is 5.95 Å². The average Bonchev–Trinajstić information content (AvgIpc) is 3.01. The Bertz CT molecular complexity index is 1480. The van der Waals surface area contributed by atoms with Gasteiger partial charge in [-0.25, -0.2) is 23.2 Å². The molecule has 39 heavy (non-hydrogen) atoms. The predicted octanol–water partition coefficient (Wildman–Crippen LogP) is 4.40. The first-order chi connectivity index (χ1) is 18.3. The number of sulfone groups is 1. The second-order valence-corrected chi connectivity index (χ2v) is 12.7. The highest BCUT2D eigenvalue weighted by Crippen LogP contribution is 2.27. The van der Waals surface area contributed by atoms with E-state index in [-0.39, 0.29) is 34.4 Å². The number of fused-ring (bicyclic) bond motifs is 1. The van der Waals surface area contributed by atoms with E-state index < -0.39 is 15.4 Å². The standard InChI is InChI=1S/C26H32ClN7O4S/c1-16-12-17-6-7-19(13-18(17)8-11-34(16)25(35)38-26(2,3)4)32-24-31-14-20(27)22(33-24)30-15-21-23(39(5,36)37)29-10-9-28-21/h6-7,9-10,13-14,16H,8,11-12,15H2,1-5H3,(H2,30,31,32,33). The Hall–Kier alpha value is -3.51. The van der Waals surface area contributed by atoms with E-state index in [2.05, 4.69) is 30.6 Å². The van der Waals surface area contributed by atoms with Crippen LogP contribution in [-0.4, -0.2) is 63.8 Å². The summed E-state index contributed by atoms with van der Waals surface area (Å²) < 4.78 is 29.6. The van der Waals surface area contributed by atoms with Gasteiger partial charge in [-0.1, -0.05) is 17.7 Å². The van der Waals surface area contributed by atoms with E-state index in [1.807, 2.05) is 45.9 Å². The van der Waals surface area contributed by atoms with Crippen LogP contribution in [0.25, 0.3) is 0 Å². The van der Waals surface area contributed by atoms with Crippen molar-refractivity contribution in [2.75, 3.05) is 23.4 Å². The number of rotatable bonds is 6. The molecular formula is C26H32ClN7O4S. The van der Waals surface area contributed by atoms with Crippen LogP contribution >= 0.6 is 11.6 Å². The number of nitrogens with zero attached hydrogens (tertiary/aromatic N) is 5. The van der Waals surface area contributed by atoms with Crippen molar-refractivity contribution < 1.29 is 17.9 Å². The van der Waals surface area contributed by atoms with Crippen molar-refractivity contribution in [3.05, 3.63) is 58.6 Å². The minimum atomic E-state index is -3.55. The molecule has 0 radical (unpaired) electrons. The zero-order valence-electron chi connectivity index (χ0n) is 22.5. The lowest BCUT2D eigenvalue weighted by Crippen LogP contribution is -2.43. The summed E-state index contributed by atoms with van der Waals surface area (Å²) in [5, 5.41) is 6.39. The molecule has 1 atom stereocenters. The fourth-order valence-corrected chi connectivity index (χ4v) is 5.21. The highest BCUT2D eigenvalue weighted by Gasteiger charge is 2.28. The summed E-state index contributed by atoms with van der Waals surface area (Å²) >= 11 is 6.29. The van der Waals surface area contributed by atoms with Crippen molar-refractivity contribution in [2.24, 2.45) is 0 Å². The van der Waals surface area contributed by atoms with Crippen LogP contribution in [-0.2, 0) is 34.0 Å². The summed E-state index contributed by atoms with van der Waals surface area (Å²) in [5.74, 6) is 0.623. The number of benzene rings is 1. The van der Waals surface area contributed by atoms with Gasteiger partial charge < -0.3 is 20.3 Å². The van der Waals surface area contributed by atoms with Crippen molar-refractivity contribution in [1.82, 2.24) is 24.8 Å². The number of nitrogens with one attached hydrogen (secondary N) is 2. The lowest BCUT2D eigenvalue weighted by molar-refractivity contribution is 0.0185. The van der Waals surface area contributed by atoms with Gasteiger partial charge in [0, 0.05) is 36.9 Å². The van der Waals surface area contributed by atoms with Gasteiger partial charge in [-0.05, 0) is 63.8 Å². The first kappa shape index (κ1) is 28.5. The van der Waals surface area contributed by atoms with Crippen LogP contribution < -0.4 is 10.6 Å². The zero-order valence-corrected chi connectivity index (χ0v) is 24.1. The van der Waals surface area contributed by atoms with Gasteiger partial charge in [0.25, 0.3) is 0 Å². The molecule has 0 saturated heterocycles. The van der Waals surface area contributed by atoms with Crippen LogP contribution in [0, 0.1) is 0 Å². The Kier molecular flexibility index (Phi) is 8.26. The third-order valence-corrected chi connectivity index (χ3v) is 7.33. The quantitative estimate of drug-likeness (QED) is 0.436. The highest BCUT2D eigenvalue weighted by molar-refractivity contribution is 7.90. The van der Waals surface area contributed by atoms with Gasteiger partial charge in [-0.3, -0.25) is 4.98 Å². The maximum Gasteiger partial charge on any atom is 0.410 e. The zero-order chi connectivity index (χ0) is 28.4. The molecule has 1 unspecified atom stereocenters. The summed E-state index contributed by atoms with van der Waals surface area (Å²) in [6.45, 7) is 8.22. The molecule has 1 amide bonds. The fraction of sp³-hybridized carbons (Fsp3) is 0.423. The summed E-state index contributed by atoms with van der Waals surface area (Å²) in [6.07, 6.45) is 6.39. The van der Waals surface area contributed by atoms with Crippen molar-refractivity contribution in [2.45, 2.75) is 63.8 Å². The van der Waals surface area contributed by atoms with Crippen LogP contribution in [0.5, 0.6) is 0 Å². The first-order valence-corrected chi connectivity index (χ1v) is 14.7. The Morgan fingerprint density at radius 2 is 1.92 bits per heavy atom. The van der Waals surface area contributed by atoms with Gasteiger partial charge in [-0.15, -0.1) is 0 Å². The van der Waals surface area contributed by atoms with Gasteiger partial charge >= 0.3 is 6.09 Å². The van der Waals surface area contributed by atoms with E-state index in [0.29, 0.717) is 24.7 Å². The predicted molar refractivity (Wildman–Crippen MR) is 149 cm³/mol. The molecule has 0 saturated carbocycles. The Morgan fingerprint density at radius 3 is 2.64 bits per heavy atom. The lowest BCUT2D eigenvalue weighted by atomic mass is 10.00. The third kappa shape index (κ3) is 7.33. The van der Waals surface area contributed by atoms with E-state index >= 15 is 0 Å². The number of hydrogen-bond acceptors (Lipinski definition) is 10. The van der Waals surface area contributed by atoms with Crippen molar-refractivity contribution in [3.8, 4) is 0 Å². The molecular weight excluding hydrogens is 542 g/mol. The Labute approximate surface area is 233 Å². The van der Waals surface area contributed by atoms with E-state index in [1.165, 1.54) is 24.2 Å². The summed E-state index contributed by atoms with van der Waals surface area (Å²) in [5.41, 5.74) is 2.78. The van der Waals surface area contributed by atoms with Gasteiger partial charge in [-0.2, -0.15) is 4.98 Å². The van der Waals surface area contributed by atoms with Crippen molar-refractivity contribution >= 4 is 45.0 Å². The number of amides is 1. The smallest absolute Gasteiger partial charge is 0.410 e. The summed E-state index contributed by atoms with van der Waals surface area (Å²) in [7, 11) is -3.55. The average molecular weight is 574 g/mol. The van der Waals surface area contributed by atoms with E-state index in [0.717, 1.165) is 23.9 Å². The van der Waals surface area contributed by atoms with Gasteiger partial charge in [0.1, 0.15) is 10.6 Å². The third-order valence-electron chi connectivity index (χ3n) is 6.01. The molecule has 0 fully saturated rings. The molecule has 0 bridgehead atoms. The molecule has 1 aliphatic rings. The molecule has 3 heterocycles. The molecule has 13 heteroatoms. The minimum absolute atomic E-state index is 0.00524. The van der Waals surface area contributed by atoms with Crippen molar-refractivity contribution in [3.63, 3.8) is 0 Å². The summed E-state index contributed by atoms with van der Waals surface area (Å²) in [4.78, 5) is 31.3. The Morgan fingerprint density at radius 1 is 1.18 bits per heavy atom. The van der Waals surface area contributed by atoms with Crippen molar-refractivity contribution in [1.29, 1.82) is 0 Å². The molecule has 0 aliphatic carbocycles. The van der Waals surface area contributed by atoms with E-state index in [4.69, 9.17) is 16.3 Å². The highest BCUT2D eigenvalue weighted by atomic mass is 35.5. The maximum atomic E-state index is 12.7. The van der Waals surface area contributed by atoms with Gasteiger partial charge in [0.15, 0.2) is 20.7 Å². The maximum absolute atomic E-state index is 12.7. The molecule has 11 nitrogen and oxygen atoms in total. The normalized spacial score (nSPS) is 15.7. The van der Waals surface area contributed by atoms with Crippen LogP contribution in [0.2, 0.25) is 5.02 Å². The van der Waals surface area contributed by atoms with Crippen LogP contribution in [0.1, 0.15) is 44.5 Å². The fourth-order valence-electron chi connectivity index (χ4n) is 4.25. The number of carbonyl (C=O) groups excluding carboxylic acids is 1. The number of anilines is 3. The van der Waals surface area contributed by atoms with Crippen LogP contribution in [0.3, 0.4) is 0 Å². The largest absolute Gasteiger partial charge is 0.444 e. The second-order valence-electron chi connectivity index (χ2n) is 10.4. The first-order valence-electron chi connectivity index (χ1n) is 12.4. The monoisotopic (exact) mass is 573 g/mol. The topological polar surface area (TPSA) is 139 Å². The van der Waals surface area contributed by atoms with E-state index in [9.17, 15) is 13.2 Å². The van der Waals surface area contributed by atoms with Crippen LogP contribution in [0.15, 0.2) is 41.8 Å². The minimum Gasteiger partial charge on any atom is -0.444 e. The van der Waals surface area contributed by atoms with Gasteiger partial charge in [0.05, 0.1) is 18.4 Å². The summed E-state index contributed by atoms with van der Waals surface area (Å²) in [6, 6.07) is 6.02. The molecule has 2 N–H and O–H groups in total.